The van der Waals surface area contributed by atoms with Crippen molar-refractivity contribution in [2.75, 3.05) is 19.1 Å². The number of aliphatic hydroxyl groups excluding tert-OH is 1. The zero-order valence-corrected chi connectivity index (χ0v) is 18.9. The number of aromatic nitrogens is 1. The van der Waals surface area contributed by atoms with E-state index < -0.39 is 35.6 Å². The number of rotatable bonds is 6. The number of ketones is 1. The zero-order valence-electron chi connectivity index (χ0n) is 18.9. The van der Waals surface area contributed by atoms with Gasteiger partial charge in [-0.1, -0.05) is 12.1 Å². The summed E-state index contributed by atoms with van der Waals surface area (Å²) in [5, 5.41) is 11.3. The summed E-state index contributed by atoms with van der Waals surface area (Å²) >= 11 is 0. The quantitative estimate of drug-likeness (QED) is 0.300. The second-order valence-electron chi connectivity index (χ2n) is 7.54. The first-order valence-corrected chi connectivity index (χ1v) is 10.4. The largest absolute Gasteiger partial charge is 0.573 e. The average molecular weight is 500 g/mol. The molecular formula is C25H19F3N2O6. The molecule has 1 fully saturated rings. The molecule has 1 aromatic heterocycles. The number of nitrogens with zero attached hydrogens (tertiary/aromatic N) is 2. The zero-order chi connectivity index (χ0) is 26.0. The summed E-state index contributed by atoms with van der Waals surface area (Å²) in [6.45, 7) is 0. The van der Waals surface area contributed by atoms with E-state index >= 15 is 0 Å². The first-order valence-electron chi connectivity index (χ1n) is 10.4. The molecule has 36 heavy (non-hydrogen) atoms. The van der Waals surface area contributed by atoms with Gasteiger partial charge in [0.1, 0.15) is 29.0 Å². The number of carbonyl (C=O) groups excluding carboxylic acids is 2. The van der Waals surface area contributed by atoms with Gasteiger partial charge in [0.2, 0.25) is 0 Å². The van der Waals surface area contributed by atoms with Crippen LogP contribution in [0.25, 0.3) is 5.76 Å². The highest BCUT2D eigenvalue weighted by atomic mass is 19.4. The summed E-state index contributed by atoms with van der Waals surface area (Å²) in [5.74, 6) is -2.74. The minimum atomic E-state index is -4.96. The first kappa shape index (κ1) is 24.6. The van der Waals surface area contributed by atoms with Crippen LogP contribution in [-0.4, -0.2) is 42.4 Å². The Kier molecular flexibility index (Phi) is 6.56. The maximum absolute atomic E-state index is 13.2. The molecule has 0 radical (unpaired) electrons. The summed E-state index contributed by atoms with van der Waals surface area (Å²) in [6, 6.07) is 12.6. The standard InChI is InChI=1S/C25H19F3N2O6/c1-34-15-9-10-19(35-2)17(13-15)22(31)20-21(18-8-3-4-11-29-18)30(24(33)23(20)32)14-6-5-7-16(12-14)36-25(26,27)28/h3-13,21,31H,1-2H3/b22-20+. The third-order valence-electron chi connectivity index (χ3n) is 5.40. The van der Waals surface area contributed by atoms with Gasteiger partial charge in [-0.2, -0.15) is 0 Å². The molecule has 1 amide bonds. The molecule has 1 atom stereocenters. The smallest absolute Gasteiger partial charge is 0.507 e. The Morgan fingerprint density at radius 3 is 2.39 bits per heavy atom. The number of carbonyl (C=O) groups is 2. The summed E-state index contributed by atoms with van der Waals surface area (Å²) in [5.41, 5.74) is -0.120. The van der Waals surface area contributed by atoms with Gasteiger partial charge in [-0.3, -0.25) is 19.5 Å². The van der Waals surface area contributed by atoms with Crippen LogP contribution in [0.4, 0.5) is 18.9 Å². The highest BCUT2D eigenvalue weighted by Gasteiger charge is 2.48. The molecule has 11 heteroatoms. The van der Waals surface area contributed by atoms with Crippen molar-refractivity contribution in [1.29, 1.82) is 0 Å². The minimum absolute atomic E-state index is 0.0637. The monoisotopic (exact) mass is 500 g/mol. The number of anilines is 1. The summed E-state index contributed by atoms with van der Waals surface area (Å²) in [7, 11) is 2.77. The van der Waals surface area contributed by atoms with Crippen molar-refractivity contribution in [3.05, 3.63) is 83.7 Å². The van der Waals surface area contributed by atoms with E-state index in [1.807, 2.05) is 0 Å². The molecule has 4 rings (SSSR count). The van der Waals surface area contributed by atoms with Crippen molar-refractivity contribution in [3.8, 4) is 17.2 Å². The van der Waals surface area contributed by atoms with Gasteiger partial charge < -0.3 is 19.3 Å². The van der Waals surface area contributed by atoms with Gasteiger partial charge in [0.15, 0.2) is 0 Å². The molecule has 186 valence electrons. The fraction of sp³-hybridized carbons (Fsp3) is 0.160. The van der Waals surface area contributed by atoms with Crippen LogP contribution in [0.1, 0.15) is 17.3 Å². The van der Waals surface area contributed by atoms with E-state index in [2.05, 4.69) is 9.72 Å². The van der Waals surface area contributed by atoms with E-state index in [0.717, 1.165) is 17.0 Å². The fourth-order valence-electron chi connectivity index (χ4n) is 3.89. The Hall–Kier alpha value is -4.54. The number of hydrogen-bond donors (Lipinski definition) is 1. The second kappa shape index (κ2) is 9.61. The molecule has 0 spiro atoms. The fourth-order valence-corrected chi connectivity index (χ4v) is 3.89. The topological polar surface area (TPSA) is 98.2 Å². The Bertz CT molecular complexity index is 1340. The number of benzene rings is 2. The van der Waals surface area contributed by atoms with Crippen LogP contribution < -0.4 is 19.1 Å². The number of Topliss-reactive ketones (excluding diaryl/α,β-unsaturated/α-hetero) is 1. The van der Waals surface area contributed by atoms with Gasteiger partial charge >= 0.3 is 6.36 Å². The van der Waals surface area contributed by atoms with Gasteiger partial charge in [-0.05, 0) is 42.5 Å². The number of amides is 1. The Morgan fingerprint density at radius 2 is 1.75 bits per heavy atom. The Labute approximate surface area is 203 Å². The van der Waals surface area contributed by atoms with E-state index in [0.29, 0.717) is 5.75 Å². The van der Waals surface area contributed by atoms with Crippen molar-refractivity contribution >= 4 is 23.1 Å². The van der Waals surface area contributed by atoms with Crippen molar-refractivity contribution in [2.45, 2.75) is 12.4 Å². The molecule has 8 nitrogen and oxygen atoms in total. The average Bonchev–Trinajstić information content (AvgIpc) is 3.13. The summed E-state index contributed by atoms with van der Waals surface area (Å²) in [4.78, 5) is 31.6. The normalized spacial score (nSPS) is 17.2. The number of aliphatic hydroxyl groups is 1. The van der Waals surface area contributed by atoms with Crippen LogP contribution in [-0.2, 0) is 9.59 Å². The van der Waals surface area contributed by atoms with E-state index in [4.69, 9.17) is 9.47 Å². The lowest BCUT2D eigenvalue weighted by molar-refractivity contribution is -0.274. The predicted octanol–water partition coefficient (Wildman–Crippen LogP) is 4.62. The van der Waals surface area contributed by atoms with Crippen LogP contribution in [0.15, 0.2) is 72.4 Å². The Morgan fingerprint density at radius 1 is 0.972 bits per heavy atom. The van der Waals surface area contributed by atoms with Crippen LogP contribution in [0.5, 0.6) is 17.2 Å². The number of methoxy groups -OCH3 is 2. The molecule has 2 heterocycles. The maximum Gasteiger partial charge on any atom is 0.573 e. The molecule has 1 aliphatic rings. The SMILES string of the molecule is COc1ccc(OC)c(/C(O)=C2\C(=O)C(=O)N(c3cccc(OC(F)(F)F)c3)C2c2ccccn2)c1. The summed E-state index contributed by atoms with van der Waals surface area (Å²) in [6.07, 6.45) is -3.54. The predicted molar refractivity (Wildman–Crippen MR) is 122 cm³/mol. The van der Waals surface area contributed by atoms with E-state index in [1.165, 1.54) is 50.7 Å². The van der Waals surface area contributed by atoms with Crippen molar-refractivity contribution in [1.82, 2.24) is 4.98 Å². The molecule has 1 aliphatic heterocycles. The molecule has 0 saturated carbocycles. The first-order chi connectivity index (χ1) is 17.1. The van der Waals surface area contributed by atoms with Gasteiger partial charge in [0.05, 0.1) is 31.1 Å². The number of alkyl halides is 3. The van der Waals surface area contributed by atoms with Crippen molar-refractivity contribution in [3.63, 3.8) is 0 Å². The molecule has 1 saturated heterocycles. The third-order valence-corrected chi connectivity index (χ3v) is 5.40. The maximum atomic E-state index is 13.2. The molecule has 2 aromatic carbocycles. The second-order valence-corrected chi connectivity index (χ2v) is 7.54. The number of pyridine rings is 1. The molecular weight excluding hydrogens is 481 g/mol. The lowest BCUT2D eigenvalue weighted by Crippen LogP contribution is -2.30. The highest BCUT2D eigenvalue weighted by Crippen LogP contribution is 2.44. The van der Waals surface area contributed by atoms with E-state index in [-0.39, 0.29) is 28.3 Å². The van der Waals surface area contributed by atoms with Crippen LogP contribution in [0.2, 0.25) is 0 Å². The van der Waals surface area contributed by atoms with Crippen LogP contribution in [0, 0.1) is 0 Å². The minimum Gasteiger partial charge on any atom is -0.507 e. The van der Waals surface area contributed by atoms with Crippen LogP contribution >= 0.6 is 0 Å². The van der Waals surface area contributed by atoms with Crippen LogP contribution in [0.3, 0.4) is 0 Å². The lowest BCUT2D eigenvalue weighted by Gasteiger charge is -2.25. The van der Waals surface area contributed by atoms with Crippen molar-refractivity contribution in [2.24, 2.45) is 0 Å². The number of halogens is 3. The molecule has 1 unspecified atom stereocenters. The van der Waals surface area contributed by atoms with E-state index in [9.17, 15) is 27.9 Å². The highest BCUT2D eigenvalue weighted by molar-refractivity contribution is 6.51. The third kappa shape index (κ3) is 4.67. The van der Waals surface area contributed by atoms with Gasteiger partial charge in [-0.25, -0.2) is 0 Å². The number of hydrogen-bond acceptors (Lipinski definition) is 7. The van der Waals surface area contributed by atoms with E-state index in [1.54, 1.807) is 18.2 Å². The molecule has 0 bridgehead atoms. The summed E-state index contributed by atoms with van der Waals surface area (Å²) < 4.78 is 52.8. The molecule has 0 aliphatic carbocycles. The lowest BCUT2D eigenvalue weighted by atomic mass is 9.97. The van der Waals surface area contributed by atoms with Gasteiger partial charge in [-0.15, -0.1) is 13.2 Å². The number of ether oxygens (including phenoxy) is 3. The van der Waals surface area contributed by atoms with Crippen molar-refractivity contribution < 1.29 is 42.1 Å². The van der Waals surface area contributed by atoms with Gasteiger partial charge in [0.25, 0.3) is 11.7 Å². The van der Waals surface area contributed by atoms with Gasteiger partial charge in [0, 0.05) is 18.0 Å². The molecule has 1 N–H and O–H groups in total. The Balaban J connectivity index is 1.93. The molecule has 3 aromatic rings.